The monoisotopic (exact) mass is 354 g/mol. The zero-order valence-electron chi connectivity index (χ0n) is 15.3. The van der Waals surface area contributed by atoms with Crippen LogP contribution in [0.2, 0.25) is 0 Å². The molecule has 0 aromatic heterocycles. The fourth-order valence-corrected chi connectivity index (χ4v) is 2.67. The first-order chi connectivity index (χ1) is 11.6. The Hall–Kier alpha value is -1.63. The molecule has 0 radical (unpaired) electrons. The van der Waals surface area contributed by atoms with Crippen LogP contribution in [0, 0.1) is 11.8 Å². The first-order valence-corrected chi connectivity index (χ1v) is 8.61. The van der Waals surface area contributed by atoms with E-state index in [1.54, 1.807) is 19.1 Å². The summed E-state index contributed by atoms with van der Waals surface area (Å²) in [5.74, 6) is -1.35. The summed E-state index contributed by atoms with van der Waals surface area (Å²) in [6, 6.07) is 0. The van der Waals surface area contributed by atoms with E-state index in [4.69, 9.17) is 4.74 Å². The standard InChI is InChI=1S/C19H30O6/c1-5-11(2)19(24)12(3)6-7-16(21)13(4)17(22)10-15-8-14(20)9-18(23)25-15/h5-7,9,12-13,15-17,19-22,24H,8,10H2,1-4H3/b7-6+,11-5+/t12-,13-,15-,16-,17+,19-/m0/s1. The van der Waals surface area contributed by atoms with Crippen LogP contribution in [0.3, 0.4) is 0 Å². The lowest BCUT2D eigenvalue weighted by molar-refractivity contribution is -0.147. The summed E-state index contributed by atoms with van der Waals surface area (Å²) in [7, 11) is 0. The lowest BCUT2D eigenvalue weighted by Gasteiger charge is -2.27. The number of esters is 1. The minimum atomic E-state index is -0.904. The van der Waals surface area contributed by atoms with Crippen molar-refractivity contribution in [3.63, 3.8) is 0 Å². The van der Waals surface area contributed by atoms with Crippen molar-refractivity contribution in [1.29, 1.82) is 0 Å². The number of allylic oxidation sites excluding steroid dienone is 1. The third-order valence-corrected chi connectivity index (χ3v) is 4.69. The lowest BCUT2D eigenvalue weighted by atomic mass is 9.90. The highest BCUT2D eigenvalue weighted by molar-refractivity contribution is 5.83. The minimum Gasteiger partial charge on any atom is -0.512 e. The Labute approximate surface area is 149 Å². The van der Waals surface area contributed by atoms with Gasteiger partial charge in [-0.15, -0.1) is 0 Å². The summed E-state index contributed by atoms with van der Waals surface area (Å²) in [5.41, 5.74) is 0.853. The van der Waals surface area contributed by atoms with Crippen LogP contribution in [-0.4, -0.2) is 50.8 Å². The third-order valence-electron chi connectivity index (χ3n) is 4.69. The molecule has 0 aromatic carbocycles. The summed E-state index contributed by atoms with van der Waals surface area (Å²) < 4.78 is 5.05. The van der Waals surface area contributed by atoms with Gasteiger partial charge in [0.1, 0.15) is 11.9 Å². The van der Waals surface area contributed by atoms with Gasteiger partial charge in [-0.2, -0.15) is 0 Å². The van der Waals surface area contributed by atoms with Crippen LogP contribution in [0.5, 0.6) is 0 Å². The van der Waals surface area contributed by atoms with E-state index in [0.717, 1.165) is 11.6 Å². The van der Waals surface area contributed by atoms with Crippen LogP contribution < -0.4 is 0 Å². The van der Waals surface area contributed by atoms with E-state index in [9.17, 15) is 25.2 Å². The van der Waals surface area contributed by atoms with Crippen molar-refractivity contribution >= 4 is 5.97 Å². The zero-order chi connectivity index (χ0) is 19.1. The van der Waals surface area contributed by atoms with E-state index < -0.39 is 36.3 Å². The van der Waals surface area contributed by atoms with Gasteiger partial charge in [-0.05, 0) is 19.4 Å². The van der Waals surface area contributed by atoms with Crippen LogP contribution in [0.15, 0.2) is 35.6 Å². The third kappa shape index (κ3) is 6.65. The first kappa shape index (κ1) is 21.4. The molecule has 0 aliphatic carbocycles. The molecule has 6 heteroatoms. The van der Waals surface area contributed by atoms with Gasteiger partial charge in [0.05, 0.1) is 24.4 Å². The molecular formula is C19H30O6. The Bertz CT molecular complexity index is 536. The van der Waals surface area contributed by atoms with E-state index in [1.807, 2.05) is 26.8 Å². The molecular weight excluding hydrogens is 324 g/mol. The predicted octanol–water partition coefficient (Wildman–Crippen LogP) is 2.01. The van der Waals surface area contributed by atoms with Crippen molar-refractivity contribution < 1.29 is 30.0 Å². The molecule has 0 fully saturated rings. The highest BCUT2D eigenvalue weighted by Gasteiger charge is 2.28. The van der Waals surface area contributed by atoms with Crippen molar-refractivity contribution in [2.24, 2.45) is 11.8 Å². The second-order valence-electron chi connectivity index (χ2n) is 6.77. The Balaban J connectivity index is 2.57. The molecule has 0 spiro atoms. The number of cyclic esters (lactones) is 1. The van der Waals surface area contributed by atoms with E-state index in [2.05, 4.69) is 0 Å². The van der Waals surface area contributed by atoms with E-state index in [0.29, 0.717) is 0 Å². The molecule has 142 valence electrons. The number of rotatable bonds is 8. The van der Waals surface area contributed by atoms with Crippen molar-refractivity contribution in [1.82, 2.24) is 0 Å². The van der Waals surface area contributed by atoms with Crippen LogP contribution >= 0.6 is 0 Å². The smallest absolute Gasteiger partial charge is 0.334 e. The Morgan fingerprint density at radius 2 is 1.96 bits per heavy atom. The quantitative estimate of drug-likeness (QED) is 0.392. The molecule has 1 heterocycles. The Kier molecular flexibility index (Phi) is 8.35. The molecule has 4 N–H and O–H groups in total. The van der Waals surface area contributed by atoms with E-state index in [-0.39, 0.29) is 24.5 Å². The number of carbonyl (C=O) groups excluding carboxylic acids is 1. The van der Waals surface area contributed by atoms with Crippen molar-refractivity contribution in [3.8, 4) is 0 Å². The van der Waals surface area contributed by atoms with Gasteiger partial charge >= 0.3 is 5.97 Å². The fraction of sp³-hybridized carbons (Fsp3) is 0.632. The van der Waals surface area contributed by atoms with Gasteiger partial charge < -0.3 is 25.2 Å². The van der Waals surface area contributed by atoms with E-state index >= 15 is 0 Å². The van der Waals surface area contributed by atoms with Gasteiger partial charge in [-0.3, -0.25) is 0 Å². The molecule has 1 aliphatic heterocycles. The Morgan fingerprint density at radius 3 is 2.52 bits per heavy atom. The van der Waals surface area contributed by atoms with Gasteiger partial charge in [0.2, 0.25) is 0 Å². The molecule has 6 atom stereocenters. The highest BCUT2D eigenvalue weighted by Crippen LogP contribution is 2.23. The molecule has 6 nitrogen and oxygen atoms in total. The normalized spacial score (nSPS) is 25.1. The number of ether oxygens (including phenoxy) is 1. The van der Waals surface area contributed by atoms with E-state index in [1.165, 1.54) is 0 Å². The molecule has 0 bridgehead atoms. The molecule has 0 unspecified atom stereocenters. The first-order valence-electron chi connectivity index (χ1n) is 8.61. The number of aliphatic hydroxyl groups is 4. The van der Waals surface area contributed by atoms with Crippen LogP contribution in [-0.2, 0) is 9.53 Å². The summed E-state index contributed by atoms with van der Waals surface area (Å²) in [5, 5.41) is 40.1. The largest absolute Gasteiger partial charge is 0.512 e. The highest BCUT2D eigenvalue weighted by atomic mass is 16.5. The van der Waals surface area contributed by atoms with Gasteiger partial charge in [0.15, 0.2) is 0 Å². The molecule has 1 rings (SSSR count). The summed E-state index contributed by atoms with van der Waals surface area (Å²) in [6.45, 7) is 7.23. The molecule has 0 aromatic rings. The SMILES string of the molecule is C/C=C(\C)[C@H](O)[C@@H](C)/C=C/[C@H](O)[C@H](C)[C@H](O)C[C@@H]1CC(O)=CC(=O)O1. The van der Waals surface area contributed by atoms with Crippen molar-refractivity contribution in [2.45, 2.75) is 65.0 Å². The second kappa shape index (κ2) is 9.75. The number of carbonyl (C=O) groups is 1. The Morgan fingerprint density at radius 1 is 1.32 bits per heavy atom. The predicted molar refractivity (Wildman–Crippen MR) is 94.7 cm³/mol. The summed E-state index contributed by atoms with van der Waals surface area (Å²) in [4.78, 5) is 11.3. The van der Waals surface area contributed by atoms with Gasteiger partial charge in [0, 0.05) is 24.7 Å². The average Bonchev–Trinajstić information content (AvgIpc) is 2.56. The van der Waals surface area contributed by atoms with Crippen LogP contribution in [0.4, 0.5) is 0 Å². The maximum atomic E-state index is 11.3. The fourth-order valence-electron chi connectivity index (χ4n) is 2.67. The van der Waals surface area contributed by atoms with Crippen LogP contribution in [0.1, 0.15) is 40.5 Å². The average molecular weight is 354 g/mol. The maximum Gasteiger partial charge on any atom is 0.334 e. The summed E-state index contributed by atoms with van der Waals surface area (Å²) >= 11 is 0. The summed E-state index contributed by atoms with van der Waals surface area (Å²) in [6.07, 6.45) is 3.40. The van der Waals surface area contributed by atoms with Crippen molar-refractivity contribution in [3.05, 3.63) is 35.6 Å². The van der Waals surface area contributed by atoms with Gasteiger partial charge in [-0.25, -0.2) is 4.79 Å². The molecule has 0 amide bonds. The molecule has 0 saturated carbocycles. The number of hydrogen-bond donors (Lipinski definition) is 4. The van der Waals surface area contributed by atoms with Gasteiger partial charge in [0.25, 0.3) is 0 Å². The molecule has 1 aliphatic rings. The topological polar surface area (TPSA) is 107 Å². The lowest BCUT2D eigenvalue weighted by Crippen LogP contribution is -2.34. The molecule has 25 heavy (non-hydrogen) atoms. The van der Waals surface area contributed by atoms with Crippen LogP contribution in [0.25, 0.3) is 0 Å². The minimum absolute atomic E-state index is 0.0660. The van der Waals surface area contributed by atoms with Crippen molar-refractivity contribution in [2.75, 3.05) is 0 Å². The number of aliphatic hydroxyl groups excluding tert-OH is 4. The maximum absolute atomic E-state index is 11.3. The van der Waals surface area contributed by atoms with Gasteiger partial charge in [-0.1, -0.05) is 32.1 Å². The number of hydrogen-bond acceptors (Lipinski definition) is 6. The second-order valence-corrected chi connectivity index (χ2v) is 6.77. The zero-order valence-corrected chi connectivity index (χ0v) is 15.3. The molecule has 0 saturated heterocycles.